The molecule has 0 spiro atoms. The Kier molecular flexibility index (Phi) is 2.47. The van der Waals surface area contributed by atoms with Gasteiger partial charge < -0.3 is 9.14 Å². The maximum Gasteiger partial charge on any atom is 0.180 e. The lowest BCUT2D eigenvalue weighted by Gasteiger charge is -2.40. The van der Waals surface area contributed by atoms with Crippen molar-refractivity contribution in [3.63, 3.8) is 0 Å². The number of fused-ring (bicyclic) bond motifs is 3. The van der Waals surface area contributed by atoms with Crippen molar-refractivity contribution in [2.45, 2.75) is 46.0 Å². The molecule has 2 aromatic rings. The van der Waals surface area contributed by atoms with Gasteiger partial charge in [0.15, 0.2) is 11.4 Å². The summed E-state index contributed by atoms with van der Waals surface area (Å²) in [7, 11) is 1.71. The van der Waals surface area contributed by atoms with E-state index < -0.39 is 0 Å². The molecular weight excluding hydrogens is 236 g/mol. The fourth-order valence-electron chi connectivity index (χ4n) is 3.88. The van der Waals surface area contributed by atoms with Crippen molar-refractivity contribution in [2.24, 2.45) is 5.41 Å². The molecule has 2 aromatic heterocycles. The Morgan fingerprint density at radius 2 is 2.00 bits per heavy atom. The Balaban J connectivity index is 2.32. The molecule has 0 fully saturated rings. The van der Waals surface area contributed by atoms with Gasteiger partial charge in [0.1, 0.15) is 0 Å². The summed E-state index contributed by atoms with van der Waals surface area (Å²) in [5, 5.41) is 0. The predicted octanol–water partition coefficient (Wildman–Crippen LogP) is 3.59. The number of nitrogens with zero attached hydrogens (tertiary/aromatic N) is 2. The van der Waals surface area contributed by atoms with Gasteiger partial charge in [0.05, 0.1) is 18.5 Å². The summed E-state index contributed by atoms with van der Waals surface area (Å²) < 4.78 is 7.65. The van der Waals surface area contributed by atoms with E-state index in [0.29, 0.717) is 5.41 Å². The third kappa shape index (κ3) is 1.83. The van der Waals surface area contributed by atoms with Crippen molar-refractivity contribution in [1.29, 1.82) is 0 Å². The number of hydrogen-bond acceptors (Lipinski definition) is 2. The molecule has 0 aromatic carbocycles. The van der Waals surface area contributed by atoms with Gasteiger partial charge in [-0.25, -0.2) is 4.98 Å². The van der Waals surface area contributed by atoms with E-state index >= 15 is 0 Å². The summed E-state index contributed by atoms with van der Waals surface area (Å²) in [4.78, 5) is 4.85. The molecule has 3 rings (SSSR count). The van der Waals surface area contributed by atoms with Gasteiger partial charge in [0.2, 0.25) is 0 Å². The fraction of sp³-hybridized carbons (Fsp3) is 0.562. The van der Waals surface area contributed by atoms with Crippen LogP contribution in [0.5, 0.6) is 5.75 Å². The van der Waals surface area contributed by atoms with Crippen LogP contribution in [0.2, 0.25) is 0 Å². The molecule has 0 aliphatic heterocycles. The Labute approximate surface area is 114 Å². The molecule has 102 valence electrons. The van der Waals surface area contributed by atoms with Crippen LogP contribution in [-0.4, -0.2) is 16.5 Å². The highest BCUT2D eigenvalue weighted by Crippen LogP contribution is 2.46. The van der Waals surface area contributed by atoms with Gasteiger partial charge in [-0.2, -0.15) is 0 Å². The van der Waals surface area contributed by atoms with E-state index in [-0.39, 0.29) is 5.41 Å². The van der Waals surface area contributed by atoms with Gasteiger partial charge in [-0.05, 0) is 30.4 Å². The molecule has 0 N–H and O–H groups in total. The molecule has 2 heterocycles. The minimum atomic E-state index is 0.142. The second-order valence-electron chi connectivity index (χ2n) is 7.08. The van der Waals surface area contributed by atoms with Crippen molar-refractivity contribution in [1.82, 2.24) is 9.38 Å². The monoisotopic (exact) mass is 258 g/mol. The molecule has 0 atom stereocenters. The normalized spacial score (nSPS) is 20.3. The summed E-state index contributed by atoms with van der Waals surface area (Å²) in [6, 6.07) is 4.01. The number of hydrogen-bond donors (Lipinski definition) is 0. The van der Waals surface area contributed by atoms with E-state index in [1.54, 1.807) is 7.11 Å². The first-order chi connectivity index (χ1) is 8.84. The molecule has 0 radical (unpaired) electrons. The van der Waals surface area contributed by atoms with Crippen LogP contribution in [0.3, 0.4) is 0 Å². The highest BCUT2D eigenvalue weighted by Gasteiger charge is 2.40. The van der Waals surface area contributed by atoms with Gasteiger partial charge in [-0.1, -0.05) is 27.7 Å². The number of aromatic nitrogens is 2. The third-order valence-electron chi connectivity index (χ3n) is 4.11. The van der Waals surface area contributed by atoms with Crippen LogP contribution >= 0.6 is 0 Å². The molecule has 3 nitrogen and oxygen atoms in total. The fourth-order valence-corrected chi connectivity index (χ4v) is 3.88. The smallest absolute Gasteiger partial charge is 0.180 e. The minimum Gasteiger partial charge on any atom is -0.493 e. The van der Waals surface area contributed by atoms with Crippen molar-refractivity contribution in [2.75, 3.05) is 7.11 Å². The quantitative estimate of drug-likeness (QED) is 0.781. The van der Waals surface area contributed by atoms with Gasteiger partial charge >= 0.3 is 0 Å². The lowest BCUT2D eigenvalue weighted by molar-refractivity contribution is 0.224. The van der Waals surface area contributed by atoms with Crippen LogP contribution in [-0.2, 0) is 11.8 Å². The molecular formula is C16H22N2O. The average Bonchev–Trinajstić information content (AvgIpc) is 2.63. The summed E-state index contributed by atoms with van der Waals surface area (Å²) in [6.07, 6.45) is 4.32. The molecule has 0 saturated carbocycles. The van der Waals surface area contributed by atoms with E-state index in [0.717, 1.165) is 17.8 Å². The molecule has 1 aliphatic carbocycles. The van der Waals surface area contributed by atoms with Gasteiger partial charge in [0, 0.05) is 11.6 Å². The topological polar surface area (TPSA) is 26.5 Å². The first-order valence-corrected chi connectivity index (χ1v) is 6.88. The minimum absolute atomic E-state index is 0.142. The molecule has 19 heavy (non-hydrogen) atoms. The molecule has 0 unspecified atom stereocenters. The summed E-state index contributed by atoms with van der Waals surface area (Å²) in [6.45, 7) is 9.30. The molecule has 3 heteroatoms. The lowest BCUT2D eigenvalue weighted by atomic mass is 9.66. The second-order valence-corrected chi connectivity index (χ2v) is 7.08. The zero-order valence-electron chi connectivity index (χ0n) is 12.4. The van der Waals surface area contributed by atoms with Crippen LogP contribution < -0.4 is 4.74 Å². The van der Waals surface area contributed by atoms with Crippen LogP contribution in [0.25, 0.3) is 5.65 Å². The van der Waals surface area contributed by atoms with E-state index in [1.807, 2.05) is 12.1 Å². The summed E-state index contributed by atoms with van der Waals surface area (Å²) in [5.74, 6) is 0.852. The molecule has 0 amide bonds. The summed E-state index contributed by atoms with van der Waals surface area (Å²) in [5.41, 5.74) is 3.97. The lowest BCUT2D eigenvalue weighted by Crippen LogP contribution is -2.35. The molecule has 0 saturated heterocycles. The van der Waals surface area contributed by atoms with Gasteiger partial charge in [-0.3, -0.25) is 0 Å². The number of rotatable bonds is 1. The van der Waals surface area contributed by atoms with E-state index in [2.05, 4.69) is 38.3 Å². The highest BCUT2D eigenvalue weighted by atomic mass is 16.5. The number of pyridine rings is 1. The molecule has 1 aliphatic rings. The maximum atomic E-state index is 5.44. The second kappa shape index (κ2) is 3.75. The third-order valence-corrected chi connectivity index (χ3v) is 4.11. The summed E-state index contributed by atoms with van der Waals surface area (Å²) >= 11 is 0. The number of methoxy groups -OCH3 is 1. The van der Waals surface area contributed by atoms with Crippen molar-refractivity contribution < 1.29 is 4.74 Å². The molecule has 0 bridgehead atoms. The average molecular weight is 258 g/mol. The maximum absolute atomic E-state index is 5.44. The van der Waals surface area contributed by atoms with Crippen LogP contribution in [0.1, 0.15) is 45.5 Å². The zero-order chi connectivity index (χ0) is 13.8. The Bertz CT molecular complexity index is 637. The van der Waals surface area contributed by atoms with Gasteiger partial charge in [-0.15, -0.1) is 0 Å². The van der Waals surface area contributed by atoms with E-state index in [1.165, 1.54) is 17.8 Å². The van der Waals surface area contributed by atoms with E-state index in [9.17, 15) is 0 Å². The van der Waals surface area contributed by atoms with Crippen molar-refractivity contribution in [3.8, 4) is 5.75 Å². The van der Waals surface area contributed by atoms with Crippen LogP contribution in [0, 0.1) is 5.41 Å². The Hall–Kier alpha value is -1.51. The van der Waals surface area contributed by atoms with Gasteiger partial charge in [0.25, 0.3) is 0 Å². The number of ether oxygens (including phenoxy) is 1. The zero-order valence-corrected chi connectivity index (χ0v) is 12.4. The van der Waals surface area contributed by atoms with Crippen LogP contribution in [0.15, 0.2) is 18.3 Å². The van der Waals surface area contributed by atoms with Crippen molar-refractivity contribution in [3.05, 3.63) is 29.7 Å². The van der Waals surface area contributed by atoms with Crippen LogP contribution in [0.4, 0.5) is 0 Å². The SMILES string of the molecule is COc1cccn2c3c(nc12)CC(C)(C)CC3(C)C. The first kappa shape index (κ1) is 12.5. The van der Waals surface area contributed by atoms with Crippen molar-refractivity contribution >= 4 is 5.65 Å². The highest BCUT2D eigenvalue weighted by molar-refractivity contribution is 5.57. The Morgan fingerprint density at radius 3 is 2.68 bits per heavy atom. The predicted molar refractivity (Wildman–Crippen MR) is 76.9 cm³/mol. The standard InChI is InChI=1S/C16H22N2O/c1-15(2)9-11-13(16(3,4)10-15)18-8-6-7-12(19-5)14(18)17-11/h6-8H,9-10H2,1-5H3. The van der Waals surface area contributed by atoms with E-state index in [4.69, 9.17) is 9.72 Å². The largest absolute Gasteiger partial charge is 0.493 e. The first-order valence-electron chi connectivity index (χ1n) is 6.88. The Morgan fingerprint density at radius 1 is 1.26 bits per heavy atom. The number of imidazole rings is 1.